The highest BCUT2D eigenvalue weighted by Crippen LogP contribution is 2.10. The molecule has 12 heavy (non-hydrogen) atoms. The van der Waals surface area contributed by atoms with Crippen LogP contribution in [0.5, 0.6) is 0 Å². The normalized spacial score (nSPS) is 14.2. The quantitative estimate of drug-likeness (QED) is 0.399. The first-order chi connectivity index (χ1) is 5.52. The molecule has 0 heterocycles. The topological polar surface area (TPSA) is 29.5 Å². The number of hydrogen-bond donors (Lipinski definition) is 1. The molecule has 0 saturated heterocycles. The Balaban J connectivity index is 3.92. The summed E-state index contributed by atoms with van der Waals surface area (Å²) in [7, 11) is 0. The van der Waals surface area contributed by atoms with Gasteiger partial charge in [-0.3, -0.25) is 5.26 Å². The lowest BCUT2D eigenvalue weighted by Crippen LogP contribution is -2.18. The van der Waals surface area contributed by atoms with Gasteiger partial charge in [0.05, 0.1) is 0 Å². The molecule has 0 saturated carbocycles. The van der Waals surface area contributed by atoms with E-state index in [2.05, 4.69) is 17.9 Å². The van der Waals surface area contributed by atoms with Crippen LogP contribution in [0.25, 0.3) is 0 Å². The van der Waals surface area contributed by atoms with Crippen LogP contribution in [-0.2, 0) is 4.89 Å². The summed E-state index contributed by atoms with van der Waals surface area (Å²) in [5.74, 6) is 0. The SMILES string of the molecule is CC=C(C)CC=CC(C)(C)OO. The van der Waals surface area contributed by atoms with Crippen molar-refractivity contribution in [1.82, 2.24) is 0 Å². The van der Waals surface area contributed by atoms with Crippen LogP contribution in [0.1, 0.15) is 34.1 Å². The number of rotatable bonds is 4. The standard InChI is InChI=1S/C10H18O2/c1-5-9(2)7-6-8-10(3,4)12-11/h5-6,8,11H,7H2,1-4H3. The van der Waals surface area contributed by atoms with Crippen LogP contribution >= 0.6 is 0 Å². The van der Waals surface area contributed by atoms with E-state index in [1.807, 2.05) is 19.1 Å². The predicted octanol–water partition coefficient (Wildman–Crippen LogP) is 3.17. The zero-order chi connectivity index (χ0) is 9.61. The van der Waals surface area contributed by atoms with Crippen LogP contribution in [0.4, 0.5) is 0 Å². The van der Waals surface area contributed by atoms with Crippen molar-refractivity contribution in [2.45, 2.75) is 39.7 Å². The van der Waals surface area contributed by atoms with Gasteiger partial charge in [0.1, 0.15) is 5.60 Å². The molecule has 0 amide bonds. The minimum atomic E-state index is -0.575. The maximum absolute atomic E-state index is 8.45. The lowest BCUT2D eigenvalue weighted by atomic mass is 10.1. The maximum Gasteiger partial charge on any atom is 0.116 e. The molecule has 70 valence electrons. The fourth-order valence-electron chi connectivity index (χ4n) is 0.677. The first-order valence-corrected chi connectivity index (χ1v) is 4.14. The van der Waals surface area contributed by atoms with Gasteiger partial charge in [-0.25, -0.2) is 4.89 Å². The molecule has 2 nitrogen and oxygen atoms in total. The average molecular weight is 170 g/mol. The lowest BCUT2D eigenvalue weighted by Gasteiger charge is -2.14. The predicted molar refractivity (Wildman–Crippen MR) is 51.0 cm³/mol. The Labute approximate surface area is 74.5 Å². The van der Waals surface area contributed by atoms with Crippen LogP contribution in [0.15, 0.2) is 23.8 Å². The summed E-state index contributed by atoms with van der Waals surface area (Å²) in [5.41, 5.74) is 0.730. The monoisotopic (exact) mass is 170 g/mol. The molecule has 0 unspecified atom stereocenters. The van der Waals surface area contributed by atoms with Gasteiger partial charge in [0.25, 0.3) is 0 Å². The lowest BCUT2D eigenvalue weighted by molar-refractivity contribution is -0.297. The van der Waals surface area contributed by atoms with E-state index >= 15 is 0 Å². The van der Waals surface area contributed by atoms with E-state index in [9.17, 15) is 0 Å². The second kappa shape index (κ2) is 5.12. The molecule has 1 N–H and O–H groups in total. The Morgan fingerprint density at radius 3 is 2.50 bits per heavy atom. The second-order valence-electron chi connectivity index (χ2n) is 3.44. The van der Waals surface area contributed by atoms with E-state index < -0.39 is 5.60 Å². The molecule has 0 bridgehead atoms. The Morgan fingerprint density at radius 2 is 2.08 bits per heavy atom. The Hall–Kier alpha value is -0.600. The summed E-state index contributed by atoms with van der Waals surface area (Å²) in [6, 6.07) is 0. The molecule has 0 aromatic rings. The zero-order valence-electron chi connectivity index (χ0n) is 8.29. The molecule has 0 aromatic heterocycles. The fourth-order valence-corrected chi connectivity index (χ4v) is 0.677. The summed E-state index contributed by atoms with van der Waals surface area (Å²) >= 11 is 0. The van der Waals surface area contributed by atoms with Crippen molar-refractivity contribution >= 4 is 0 Å². The van der Waals surface area contributed by atoms with E-state index in [0.717, 1.165) is 6.42 Å². The summed E-state index contributed by atoms with van der Waals surface area (Å²) in [6.45, 7) is 7.68. The van der Waals surface area contributed by atoms with Gasteiger partial charge in [-0.1, -0.05) is 23.8 Å². The van der Waals surface area contributed by atoms with Gasteiger partial charge >= 0.3 is 0 Å². The minimum Gasteiger partial charge on any atom is -0.251 e. The molecule has 0 aliphatic carbocycles. The Bertz CT molecular complexity index is 178. The van der Waals surface area contributed by atoms with Crippen molar-refractivity contribution in [3.63, 3.8) is 0 Å². The molecule has 0 spiro atoms. The van der Waals surface area contributed by atoms with Crippen molar-refractivity contribution in [3.05, 3.63) is 23.8 Å². The van der Waals surface area contributed by atoms with Crippen LogP contribution in [-0.4, -0.2) is 10.9 Å². The summed E-state index contributed by atoms with van der Waals surface area (Å²) in [6.07, 6.45) is 6.81. The average Bonchev–Trinajstić information content (AvgIpc) is 2.04. The van der Waals surface area contributed by atoms with Crippen LogP contribution in [0.3, 0.4) is 0 Å². The molecule has 2 heteroatoms. The molecule has 0 aliphatic heterocycles. The van der Waals surface area contributed by atoms with Gasteiger partial charge in [-0.15, -0.1) is 0 Å². The van der Waals surface area contributed by atoms with Gasteiger partial charge in [0.15, 0.2) is 0 Å². The summed E-state index contributed by atoms with van der Waals surface area (Å²) in [4.78, 5) is 4.25. The largest absolute Gasteiger partial charge is 0.251 e. The molecule has 0 atom stereocenters. The third-order valence-corrected chi connectivity index (χ3v) is 1.69. The highest BCUT2D eigenvalue weighted by Gasteiger charge is 2.12. The number of hydrogen-bond acceptors (Lipinski definition) is 2. The van der Waals surface area contributed by atoms with Gasteiger partial charge in [0, 0.05) is 0 Å². The van der Waals surface area contributed by atoms with E-state index in [4.69, 9.17) is 5.26 Å². The van der Waals surface area contributed by atoms with Gasteiger partial charge in [0.2, 0.25) is 0 Å². The first kappa shape index (κ1) is 11.4. The van der Waals surface area contributed by atoms with Gasteiger partial charge in [-0.05, 0) is 34.1 Å². The van der Waals surface area contributed by atoms with E-state index in [1.165, 1.54) is 5.57 Å². The minimum absolute atomic E-state index is 0.575. The zero-order valence-corrected chi connectivity index (χ0v) is 8.29. The maximum atomic E-state index is 8.45. The van der Waals surface area contributed by atoms with E-state index in [1.54, 1.807) is 13.8 Å². The van der Waals surface area contributed by atoms with Crippen molar-refractivity contribution in [2.24, 2.45) is 0 Å². The van der Waals surface area contributed by atoms with Crippen molar-refractivity contribution in [3.8, 4) is 0 Å². The molecule has 0 radical (unpaired) electrons. The third-order valence-electron chi connectivity index (χ3n) is 1.69. The van der Waals surface area contributed by atoms with Gasteiger partial charge < -0.3 is 0 Å². The highest BCUT2D eigenvalue weighted by molar-refractivity contribution is 5.06. The van der Waals surface area contributed by atoms with Crippen molar-refractivity contribution in [2.75, 3.05) is 0 Å². The molecule has 0 aliphatic rings. The second-order valence-corrected chi connectivity index (χ2v) is 3.44. The van der Waals surface area contributed by atoms with Crippen molar-refractivity contribution in [1.29, 1.82) is 0 Å². The van der Waals surface area contributed by atoms with E-state index in [-0.39, 0.29) is 0 Å². The first-order valence-electron chi connectivity index (χ1n) is 4.14. The smallest absolute Gasteiger partial charge is 0.116 e. The fraction of sp³-hybridized carbons (Fsp3) is 0.600. The number of allylic oxidation sites excluding steroid dienone is 3. The third kappa shape index (κ3) is 5.10. The molecule has 0 fully saturated rings. The summed E-state index contributed by atoms with van der Waals surface area (Å²) < 4.78 is 0. The van der Waals surface area contributed by atoms with Crippen LogP contribution in [0, 0.1) is 0 Å². The highest BCUT2D eigenvalue weighted by atomic mass is 17.1. The van der Waals surface area contributed by atoms with Gasteiger partial charge in [-0.2, -0.15) is 0 Å². The molecular formula is C10H18O2. The molecule has 0 aromatic carbocycles. The van der Waals surface area contributed by atoms with E-state index in [0.29, 0.717) is 0 Å². The molecular weight excluding hydrogens is 152 g/mol. The van der Waals surface area contributed by atoms with Crippen LogP contribution in [0.2, 0.25) is 0 Å². The molecule has 0 rings (SSSR count). The summed E-state index contributed by atoms with van der Waals surface area (Å²) in [5, 5.41) is 8.45. The van der Waals surface area contributed by atoms with Crippen molar-refractivity contribution < 1.29 is 10.1 Å². The van der Waals surface area contributed by atoms with Crippen LogP contribution < -0.4 is 0 Å². The Kier molecular flexibility index (Phi) is 4.86. The Morgan fingerprint density at radius 1 is 1.50 bits per heavy atom.